The fourth-order valence-corrected chi connectivity index (χ4v) is 3.27. The molecule has 0 radical (unpaired) electrons. The summed E-state index contributed by atoms with van der Waals surface area (Å²) in [5, 5.41) is 2.24. The van der Waals surface area contributed by atoms with E-state index >= 15 is 0 Å². The number of hydrogen-bond donors (Lipinski definition) is 1. The van der Waals surface area contributed by atoms with Gasteiger partial charge in [-0.2, -0.15) is 0 Å². The summed E-state index contributed by atoms with van der Waals surface area (Å²) in [6.07, 6.45) is 3.94. The van der Waals surface area contributed by atoms with Crippen LogP contribution in [-0.4, -0.2) is 23.6 Å². The summed E-state index contributed by atoms with van der Waals surface area (Å²) in [4.78, 5) is 46.6. The van der Waals surface area contributed by atoms with Gasteiger partial charge in [-0.15, -0.1) is 0 Å². The van der Waals surface area contributed by atoms with Crippen molar-refractivity contribution < 1.29 is 19.2 Å². The summed E-state index contributed by atoms with van der Waals surface area (Å²) >= 11 is 0. The summed E-state index contributed by atoms with van der Waals surface area (Å²) in [6, 6.07) is 11.3. The minimum atomic E-state index is -0.337. The predicted octanol–water partition coefficient (Wildman–Crippen LogP) is 3.08. The van der Waals surface area contributed by atoms with Crippen LogP contribution in [0.15, 0.2) is 54.6 Å². The van der Waals surface area contributed by atoms with Crippen LogP contribution in [0.3, 0.4) is 0 Å². The van der Waals surface area contributed by atoms with Crippen LogP contribution in [-0.2, 0) is 19.2 Å². The van der Waals surface area contributed by atoms with Crippen LogP contribution in [0.2, 0.25) is 0 Å². The molecule has 0 atom stereocenters. The summed E-state index contributed by atoms with van der Waals surface area (Å²) in [7, 11) is 0. The Bertz CT molecular complexity index is 1120. The van der Waals surface area contributed by atoms with E-state index in [2.05, 4.69) is 5.32 Å². The van der Waals surface area contributed by atoms with E-state index in [0.29, 0.717) is 11.3 Å². The van der Waals surface area contributed by atoms with E-state index in [1.54, 1.807) is 6.07 Å². The molecular weight excluding hydrogens is 380 g/mol. The molecule has 0 spiro atoms. The standard InChI is InChI=1S/2C12H11NO2/c1-8-4-3-5-10(9(8)2)13-11(14)6-7-12(13)15;1-7-4-3-5-9(8(7)2)10-6-11(14)13-12(10)15/h3-7H,1-2H3;3-6H,1-2H3,(H,13,14,15). The van der Waals surface area contributed by atoms with Gasteiger partial charge >= 0.3 is 0 Å². The van der Waals surface area contributed by atoms with E-state index in [1.165, 1.54) is 23.1 Å². The summed E-state index contributed by atoms with van der Waals surface area (Å²) in [5.41, 5.74) is 6.14. The van der Waals surface area contributed by atoms with Gasteiger partial charge < -0.3 is 0 Å². The lowest BCUT2D eigenvalue weighted by atomic mass is 9.97. The Morgan fingerprint density at radius 1 is 0.733 bits per heavy atom. The first kappa shape index (κ1) is 20.9. The van der Waals surface area contributed by atoms with Crippen molar-refractivity contribution >= 4 is 34.9 Å². The van der Waals surface area contributed by atoms with Gasteiger partial charge in [-0.05, 0) is 61.6 Å². The van der Waals surface area contributed by atoms with E-state index in [4.69, 9.17) is 0 Å². The number of nitrogens with one attached hydrogen (secondary N) is 1. The van der Waals surface area contributed by atoms with Crippen LogP contribution in [0.4, 0.5) is 5.69 Å². The Balaban J connectivity index is 0.000000171. The van der Waals surface area contributed by atoms with Gasteiger partial charge in [0.15, 0.2) is 0 Å². The van der Waals surface area contributed by atoms with E-state index in [-0.39, 0.29) is 23.6 Å². The molecule has 1 N–H and O–H groups in total. The molecule has 0 unspecified atom stereocenters. The molecule has 6 heteroatoms. The van der Waals surface area contributed by atoms with Crippen LogP contribution in [0.5, 0.6) is 0 Å². The topological polar surface area (TPSA) is 83.6 Å². The van der Waals surface area contributed by atoms with E-state index in [9.17, 15) is 19.2 Å². The first-order valence-corrected chi connectivity index (χ1v) is 9.46. The normalized spacial score (nSPS) is 15.2. The third-order valence-corrected chi connectivity index (χ3v) is 5.28. The highest BCUT2D eigenvalue weighted by atomic mass is 16.2. The largest absolute Gasteiger partial charge is 0.289 e. The molecule has 0 saturated carbocycles. The Kier molecular flexibility index (Phi) is 5.78. The van der Waals surface area contributed by atoms with Crippen LogP contribution in [0.25, 0.3) is 5.57 Å². The molecule has 0 fully saturated rings. The quantitative estimate of drug-likeness (QED) is 0.783. The Labute approximate surface area is 174 Å². The van der Waals surface area contributed by atoms with Crippen LogP contribution in [0.1, 0.15) is 27.8 Å². The van der Waals surface area contributed by atoms with Gasteiger partial charge in [-0.3, -0.25) is 24.5 Å². The van der Waals surface area contributed by atoms with Gasteiger partial charge in [0.1, 0.15) is 0 Å². The molecule has 4 rings (SSSR count). The highest BCUT2D eigenvalue weighted by Gasteiger charge is 2.26. The zero-order valence-electron chi connectivity index (χ0n) is 17.3. The van der Waals surface area contributed by atoms with Crippen molar-refractivity contribution in [3.63, 3.8) is 0 Å². The number of aryl methyl sites for hydroxylation is 2. The molecule has 30 heavy (non-hydrogen) atoms. The SMILES string of the molecule is Cc1cccc(C2=CC(=O)NC2=O)c1C.Cc1cccc(N2C(=O)C=CC2=O)c1C. The van der Waals surface area contributed by atoms with Crippen molar-refractivity contribution in [3.05, 3.63) is 82.4 Å². The molecule has 4 amide bonds. The number of benzene rings is 2. The number of imide groups is 2. The predicted molar refractivity (Wildman–Crippen MR) is 115 cm³/mol. The molecule has 0 aliphatic carbocycles. The van der Waals surface area contributed by atoms with Gasteiger partial charge in [0.2, 0.25) is 0 Å². The Hall–Kier alpha value is -3.80. The lowest BCUT2D eigenvalue weighted by molar-refractivity contribution is -0.123. The maximum atomic E-state index is 11.5. The minimum absolute atomic E-state index is 0.270. The number of amides is 4. The van der Waals surface area contributed by atoms with Crippen molar-refractivity contribution in [2.75, 3.05) is 4.90 Å². The van der Waals surface area contributed by atoms with Gasteiger partial charge in [-0.25, -0.2) is 4.90 Å². The van der Waals surface area contributed by atoms with Crippen LogP contribution < -0.4 is 10.2 Å². The zero-order valence-corrected chi connectivity index (χ0v) is 17.3. The molecule has 152 valence electrons. The van der Waals surface area contributed by atoms with Gasteiger partial charge in [0.25, 0.3) is 23.6 Å². The number of carbonyl (C=O) groups excluding carboxylic acids is 4. The second kappa shape index (κ2) is 8.29. The highest BCUT2D eigenvalue weighted by molar-refractivity contribution is 6.33. The summed E-state index contributed by atoms with van der Waals surface area (Å²) in [6.45, 7) is 7.79. The first-order valence-electron chi connectivity index (χ1n) is 9.46. The maximum absolute atomic E-state index is 11.5. The molecule has 0 bridgehead atoms. The molecule has 0 aromatic heterocycles. The van der Waals surface area contributed by atoms with Crippen molar-refractivity contribution in [1.29, 1.82) is 0 Å². The molecular formula is C24H22N2O4. The van der Waals surface area contributed by atoms with Crippen LogP contribution in [0, 0.1) is 27.7 Å². The number of hydrogen-bond acceptors (Lipinski definition) is 4. The first-order chi connectivity index (χ1) is 14.2. The van der Waals surface area contributed by atoms with Crippen molar-refractivity contribution in [3.8, 4) is 0 Å². The molecule has 2 aromatic carbocycles. The van der Waals surface area contributed by atoms with Gasteiger partial charge in [0.05, 0.1) is 11.3 Å². The molecule has 0 saturated heterocycles. The molecule has 2 aliphatic rings. The average molecular weight is 402 g/mol. The Morgan fingerprint density at radius 3 is 1.87 bits per heavy atom. The van der Waals surface area contributed by atoms with E-state index in [0.717, 1.165) is 27.8 Å². The van der Waals surface area contributed by atoms with Crippen molar-refractivity contribution in [2.45, 2.75) is 27.7 Å². The number of carbonyl (C=O) groups is 4. The minimum Gasteiger partial charge on any atom is -0.289 e. The number of rotatable bonds is 2. The molecule has 2 heterocycles. The van der Waals surface area contributed by atoms with Crippen LogP contribution >= 0.6 is 0 Å². The molecule has 2 aromatic rings. The average Bonchev–Trinajstić information content (AvgIpc) is 3.21. The lowest BCUT2D eigenvalue weighted by Gasteiger charge is -2.17. The fourth-order valence-electron chi connectivity index (χ4n) is 3.27. The number of nitrogens with zero attached hydrogens (tertiary/aromatic N) is 1. The smallest absolute Gasteiger partial charge is 0.258 e. The maximum Gasteiger partial charge on any atom is 0.258 e. The Morgan fingerprint density at radius 2 is 1.30 bits per heavy atom. The summed E-state index contributed by atoms with van der Waals surface area (Å²) < 4.78 is 0. The molecule has 2 aliphatic heterocycles. The summed E-state index contributed by atoms with van der Waals surface area (Å²) in [5.74, 6) is -1.19. The second-order valence-electron chi connectivity index (χ2n) is 7.19. The number of anilines is 1. The van der Waals surface area contributed by atoms with Crippen molar-refractivity contribution in [1.82, 2.24) is 5.32 Å². The third kappa shape index (κ3) is 3.98. The highest BCUT2D eigenvalue weighted by Crippen LogP contribution is 2.25. The fraction of sp³-hybridized carbons (Fsp3) is 0.167. The van der Waals surface area contributed by atoms with E-state index < -0.39 is 0 Å². The third-order valence-electron chi connectivity index (χ3n) is 5.28. The zero-order chi connectivity index (χ0) is 22.0. The van der Waals surface area contributed by atoms with Gasteiger partial charge in [-0.1, -0.05) is 30.3 Å². The van der Waals surface area contributed by atoms with Crippen molar-refractivity contribution in [2.24, 2.45) is 0 Å². The second-order valence-corrected chi connectivity index (χ2v) is 7.19. The van der Waals surface area contributed by atoms with E-state index in [1.807, 2.05) is 58.0 Å². The monoisotopic (exact) mass is 402 g/mol. The van der Waals surface area contributed by atoms with Gasteiger partial charge in [0, 0.05) is 18.2 Å². The molecule has 6 nitrogen and oxygen atoms in total. The lowest BCUT2D eigenvalue weighted by Crippen LogP contribution is -2.30.